The Bertz CT molecular complexity index is 478. The molecule has 0 aliphatic rings. The maximum absolute atomic E-state index is 6.00. The zero-order chi connectivity index (χ0) is 11.5. The number of hydrogen-bond acceptors (Lipinski definition) is 3. The monoisotopic (exact) mass is 348 g/mol. The molecule has 0 aliphatic heterocycles. The van der Waals surface area contributed by atoms with Gasteiger partial charge in [0.25, 0.3) is 0 Å². The molecule has 2 aromatic rings. The van der Waals surface area contributed by atoms with E-state index in [0.717, 1.165) is 20.8 Å². The van der Waals surface area contributed by atoms with Crippen LogP contribution >= 0.6 is 34.2 Å². The van der Waals surface area contributed by atoms with E-state index in [1.54, 1.807) is 6.20 Å². The molecule has 0 aromatic carbocycles. The molecule has 5 heteroatoms. The van der Waals surface area contributed by atoms with Gasteiger partial charge in [-0.1, -0.05) is 11.6 Å². The van der Waals surface area contributed by atoms with Gasteiger partial charge in [-0.2, -0.15) is 0 Å². The Morgan fingerprint density at radius 1 is 1.44 bits per heavy atom. The third kappa shape index (κ3) is 2.68. The summed E-state index contributed by atoms with van der Waals surface area (Å²) in [6.45, 7) is 2.59. The molecule has 0 bridgehead atoms. The van der Waals surface area contributed by atoms with Gasteiger partial charge in [0.15, 0.2) is 8.92 Å². The van der Waals surface area contributed by atoms with Gasteiger partial charge in [0, 0.05) is 6.20 Å². The molecule has 0 fully saturated rings. The summed E-state index contributed by atoms with van der Waals surface area (Å²) in [7, 11) is 0. The summed E-state index contributed by atoms with van der Waals surface area (Å²) in [6.07, 6.45) is 1.69. The van der Waals surface area contributed by atoms with Crippen molar-refractivity contribution in [3.8, 4) is 0 Å². The number of nitrogens with one attached hydrogen (secondary N) is 1. The molecule has 2 rings (SSSR count). The first-order chi connectivity index (χ1) is 7.66. The maximum Gasteiger partial charge on any atom is 0.164 e. The first-order valence-electron chi connectivity index (χ1n) is 4.76. The van der Waals surface area contributed by atoms with E-state index in [4.69, 9.17) is 16.0 Å². The van der Waals surface area contributed by atoms with Crippen LogP contribution in [0.5, 0.6) is 0 Å². The van der Waals surface area contributed by atoms with Crippen molar-refractivity contribution in [2.45, 2.75) is 13.5 Å². The smallest absolute Gasteiger partial charge is 0.164 e. The zero-order valence-electron chi connectivity index (χ0n) is 8.63. The van der Waals surface area contributed by atoms with Crippen molar-refractivity contribution in [1.82, 2.24) is 4.98 Å². The van der Waals surface area contributed by atoms with Crippen LogP contribution in [0, 0.1) is 10.7 Å². The molecule has 16 heavy (non-hydrogen) atoms. The molecule has 0 atom stereocenters. The van der Waals surface area contributed by atoms with E-state index >= 15 is 0 Å². The molecular formula is C11H10ClIN2O. The molecule has 0 unspecified atom stereocenters. The van der Waals surface area contributed by atoms with Crippen LogP contribution in [0.1, 0.15) is 11.3 Å². The molecule has 1 N–H and O–H groups in total. The van der Waals surface area contributed by atoms with Gasteiger partial charge < -0.3 is 9.73 Å². The number of aryl methyl sites for hydroxylation is 1. The third-order valence-electron chi connectivity index (χ3n) is 2.18. The van der Waals surface area contributed by atoms with Crippen LogP contribution < -0.4 is 5.32 Å². The van der Waals surface area contributed by atoms with Crippen molar-refractivity contribution in [2.75, 3.05) is 5.32 Å². The molecule has 0 radical (unpaired) electrons. The first kappa shape index (κ1) is 11.7. The summed E-state index contributed by atoms with van der Waals surface area (Å²) in [4.78, 5) is 4.03. The maximum atomic E-state index is 6.00. The molecule has 0 saturated heterocycles. The van der Waals surface area contributed by atoms with E-state index in [2.05, 4.69) is 32.9 Å². The summed E-state index contributed by atoms with van der Waals surface area (Å²) in [5, 5.41) is 3.71. The summed E-state index contributed by atoms with van der Waals surface area (Å²) in [5.74, 6) is 0.878. The fraction of sp³-hybridized carbons (Fsp3) is 0.182. The highest BCUT2D eigenvalue weighted by atomic mass is 127. The minimum absolute atomic E-state index is 0.487. The van der Waals surface area contributed by atoms with Crippen molar-refractivity contribution in [3.63, 3.8) is 0 Å². The fourth-order valence-electron chi connectivity index (χ4n) is 1.36. The molecule has 84 valence electrons. The number of aromatic nitrogens is 1. The van der Waals surface area contributed by atoms with E-state index in [-0.39, 0.29) is 0 Å². The van der Waals surface area contributed by atoms with Gasteiger partial charge in [-0.25, -0.2) is 4.98 Å². The molecule has 0 saturated carbocycles. The Labute approximate surface area is 112 Å². The molecule has 3 nitrogen and oxygen atoms in total. The first-order valence-corrected chi connectivity index (χ1v) is 6.21. The van der Waals surface area contributed by atoms with Crippen molar-refractivity contribution in [1.29, 1.82) is 0 Å². The zero-order valence-corrected chi connectivity index (χ0v) is 11.5. The minimum Gasteiger partial charge on any atom is -0.454 e. The highest BCUT2D eigenvalue weighted by Gasteiger charge is 2.05. The predicted molar refractivity (Wildman–Crippen MR) is 72.7 cm³/mol. The molecule has 0 aliphatic carbocycles. The Morgan fingerprint density at radius 2 is 2.25 bits per heavy atom. The summed E-state index contributed by atoms with van der Waals surface area (Å²) in [5.41, 5.74) is 1.93. The van der Waals surface area contributed by atoms with E-state index in [0.29, 0.717) is 11.7 Å². The number of rotatable bonds is 3. The predicted octanol–water partition coefficient (Wildman–Crippen LogP) is 3.85. The Morgan fingerprint density at radius 3 is 2.88 bits per heavy atom. The van der Waals surface area contributed by atoms with Crippen LogP contribution in [0.2, 0.25) is 5.15 Å². The molecule has 2 heterocycles. The highest BCUT2D eigenvalue weighted by Crippen LogP contribution is 2.23. The van der Waals surface area contributed by atoms with Gasteiger partial charge in [0.2, 0.25) is 0 Å². The SMILES string of the molecule is Cc1ccnc(Cl)c1NCc1ccc(I)o1. The second-order valence-electron chi connectivity index (χ2n) is 3.35. The van der Waals surface area contributed by atoms with Crippen molar-refractivity contribution in [2.24, 2.45) is 0 Å². The quantitative estimate of drug-likeness (QED) is 0.676. The lowest BCUT2D eigenvalue weighted by molar-refractivity contribution is 0.493. The Kier molecular flexibility index (Phi) is 3.70. The van der Waals surface area contributed by atoms with Crippen LogP contribution in [-0.2, 0) is 6.54 Å². The summed E-state index contributed by atoms with van der Waals surface area (Å²) in [6, 6.07) is 5.78. The van der Waals surface area contributed by atoms with E-state index in [1.807, 2.05) is 25.1 Å². The van der Waals surface area contributed by atoms with Gasteiger partial charge >= 0.3 is 0 Å². The molecule has 0 spiro atoms. The number of nitrogens with zero attached hydrogens (tertiary/aromatic N) is 1. The van der Waals surface area contributed by atoms with E-state index < -0.39 is 0 Å². The van der Waals surface area contributed by atoms with Crippen LogP contribution in [0.3, 0.4) is 0 Å². The molecular weight excluding hydrogens is 338 g/mol. The lowest BCUT2D eigenvalue weighted by Gasteiger charge is -2.08. The van der Waals surface area contributed by atoms with E-state index in [1.165, 1.54) is 0 Å². The van der Waals surface area contributed by atoms with Crippen LogP contribution in [0.25, 0.3) is 0 Å². The lowest BCUT2D eigenvalue weighted by Crippen LogP contribution is -2.01. The number of furan rings is 1. The summed E-state index contributed by atoms with van der Waals surface area (Å²) >= 11 is 8.13. The largest absolute Gasteiger partial charge is 0.454 e. The van der Waals surface area contributed by atoms with Crippen LogP contribution in [-0.4, -0.2) is 4.98 Å². The Hall–Kier alpha value is -0.750. The average molecular weight is 349 g/mol. The lowest BCUT2D eigenvalue weighted by atomic mass is 10.2. The summed E-state index contributed by atoms with van der Waals surface area (Å²) < 4.78 is 6.32. The second-order valence-corrected chi connectivity index (χ2v) is 4.77. The number of halogens is 2. The molecule has 2 aromatic heterocycles. The number of hydrogen-bond donors (Lipinski definition) is 1. The van der Waals surface area contributed by atoms with Gasteiger partial charge in [0.05, 0.1) is 12.2 Å². The number of pyridine rings is 1. The van der Waals surface area contributed by atoms with Crippen molar-refractivity contribution >= 4 is 39.9 Å². The van der Waals surface area contributed by atoms with Crippen LogP contribution in [0.15, 0.2) is 28.8 Å². The standard InChI is InChI=1S/C11H10ClIN2O/c1-7-4-5-14-11(12)10(7)15-6-8-2-3-9(13)16-8/h2-5,15H,6H2,1H3. The van der Waals surface area contributed by atoms with Gasteiger partial charge in [-0.05, 0) is 53.3 Å². The Balaban J connectivity index is 2.10. The topological polar surface area (TPSA) is 38.1 Å². The van der Waals surface area contributed by atoms with Gasteiger partial charge in [-0.3, -0.25) is 0 Å². The minimum atomic E-state index is 0.487. The fourth-order valence-corrected chi connectivity index (χ4v) is 2.09. The van der Waals surface area contributed by atoms with Crippen molar-refractivity contribution < 1.29 is 4.42 Å². The molecule has 0 amide bonds. The van der Waals surface area contributed by atoms with Crippen molar-refractivity contribution in [3.05, 3.63) is 44.6 Å². The normalized spacial score (nSPS) is 10.4. The van der Waals surface area contributed by atoms with Gasteiger partial charge in [0.1, 0.15) is 5.76 Å². The third-order valence-corrected chi connectivity index (χ3v) is 3.05. The highest BCUT2D eigenvalue weighted by molar-refractivity contribution is 14.1. The van der Waals surface area contributed by atoms with E-state index in [9.17, 15) is 0 Å². The average Bonchev–Trinajstić information content (AvgIpc) is 2.63. The number of anilines is 1. The van der Waals surface area contributed by atoms with Gasteiger partial charge in [-0.15, -0.1) is 0 Å². The van der Waals surface area contributed by atoms with Crippen LogP contribution in [0.4, 0.5) is 5.69 Å². The second kappa shape index (κ2) is 5.05.